The van der Waals surface area contributed by atoms with Crippen LogP contribution in [-0.2, 0) is 151 Å². The Bertz CT molecular complexity index is 3920. The molecular weight excluding hydrogens is 1790 g/mol. The molecule has 25 atom stereocenters. The number of hydrogen-bond donors (Lipinski definition) is 19. The Morgan fingerprint density at radius 1 is 0.481 bits per heavy atom. The zero-order valence-corrected chi connectivity index (χ0v) is 76.3. The second kappa shape index (κ2) is 57.7. The van der Waals surface area contributed by atoms with E-state index >= 15 is 4.79 Å². The van der Waals surface area contributed by atoms with Crippen molar-refractivity contribution in [1.29, 1.82) is 0 Å². The van der Waals surface area contributed by atoms with E-state index in [4.69, 9.17) is 75.4 Å². The highest BCUT2D eigenvalue weighted by Gasteiger charge is 2.50. The molecule has 0 aliphatic carbocycles. The highest BCUT2D eigenvalue weighted by Crippen LogP contribution is 2.46. The molecule has 5 fully saturated rings. The van der Waals surface area contributed by atoms with Crippen molar-refractivity contribution in [3.05, 3.63) is 47.6 Å². The monoisotopic (exact) mass is 1930 g/mol. The first-order chi connectivity index (χ1) is 64.0. The molecule has 0 spiro atoms. The largest absolute Gasteiger partial charge is 0.472 e. The minimum atomic E-state index is -4.46. The maximum absolute atomic E-state index is 15.2. The molecule has 5 aliphatic heterocycles. The molecule has 4 aromatic rings. The highest BCUT2D eigenvalue weighted by molar-refractivity contribution is 7.47. The van der Waals surface area contributed by atoms with Gasteiger partial charge >= 0.3 is 7.82 Å². The van der Waals surface area contributed by atoms with Gasteiger partial charge in [0.2, 0.25) is 23.6 Å². The first-order valence-corrected chi connectivity index (χ1v) is 46.1. The molecule has 5 aliphatic rings. The van der Waals surface area contributed by atoms with Crippen molar-refractivity contribution in [2.75, 3.05) is 139 Å². The third-order valence-electron chi connectivity index (χ3n) is 22.2. The molecular formula is C78H136N19O35P. The SMILES string of the molecule is COC(C)N[C@H]1[C@H](OCCOCCn2cc(CN(CCCC[C@@H](C(=O)NCCCCCCOP(=O)(O)OC3CCO[C@H](O)C3)N(Cc3cn(CCOCCO[C@@H]4O[C@H](CO)[C@H](O)[C@H](O)[C@H]4NC(C)=O)nn3)Cc3cn(CCOCCO[C@@H]4O[C@H](CO)[C@H](O)[C@H](O)[C@H]4NC(C)=O)nn3)Cc3cn(CCOCCO[C@@H]4O[C@H](CO)[C@H](O)[C@H](O)[C@H]4NC(C)=O)nn3)nn2)O[C@H](CO)[C@H](O)[C@@H]1O. The van der Waals surface area contributed by atoms with Crippen LogP contribution in [0.4, 0.5) is 0 Å². The molecule has 3 unspecified atom stereocenters. The number of phosphoric acid groups is 1. The Labute approximate surface area is 767 Å². The number of hydrogen-bond acceptors (Lipinski definition) is 45. The maximum Gasteiger partial charge on any atom is 0.472 e. The number of methoxy groups -OCH3 is 1. The third-order valence-corrected chi connectivity index (χ3v) is 23.3. The molecule has 4 amide bonds. The molecule has 0 radical (unpaired) electrons. The smallest absolute Gasteiger partial charge is 0.394 e. The second-order valence-corrected chi connectivity index (χ2v) is 34.0. The summed E-state index contributed by atoms with van der Waals surface area (Å²) in [5, 5.41) is 184. The van der Waals surface area contributed by atoms with Crippen LogP contribution in [-0.4, -0.2) is 451 Å². The maximum atomic E-state index is 15.2. The van der Waals surface area contributed by atoms with E-state index in [1.54, 1.807) is 50.4 Å². The van der Waals surface area contributed by atoms with Gasteiger partial charge in [-0.15, -0.1) is 20.4 Å². The van der Waals surface area contributed by atoms with Crippen LogP contribution in [0, 0.1) is 0 Å². The van der Waals surface area contributed by atoms with Crippen LogP contribution < -0.4 is 26.6 Å². The standard InChI is InChI=1S/C78H136N19O35P/c1-47(102)80-62-70(110)66(106)57(43-98)128-75(62)123-30-26-118-22-16-94-39-51(84-88-94)35-92(36-52-40-95(89-85-52)17-23-119-29-33-126-78-65(83-50(4)117-5)73(113)69(109)60(46-101)131-78)15-10-8-12-56(74(114)79-14-9-6-7-11-20-127-133(115,116)132-55-13-21-122-61(105)34-55)93(37-53-41-96(90-86-53)18-24-120-27-31-124-76-63(81-48(2)103)71(111)67(107)58(44-99)129-76)38-54-42-97(91-87-54)19-25-121-28-32-125-77-64(82-49(3)104)72(112)68(108)59(45-100)130-77/h39-42,50,55-73,75-78,83,98-101,105-113H,6-38,43-46H2,1-5H3,(H,79,114)(H,80,102)(H,81,103)(H,82,104)(H,115,116)/t50?,55?,56-,57+,58+,59+,60+,61-,62+,63+,64+,65+,66-,67-,68-,69-,70+,71+,72+,73+,75+,76+,77+,78+/m0/s1. The van der Waals surface area contributed by atoms with Gasteiger partial charge in [-0.3, -0.25) is 43.3 Å². The fourth-order valence-corrected chi connectivity index (χ4v) is 16.3. The molecule has 133 heavy (non-hydrogen) atoms. The number of nitrogens with one attached hydrogen (secondary N) is 5. The normalized spacial score (nSPS) is 28.5. The van der Waals surface area contributed by atoms with Crippen LogP contribution in [0.3, 0.4) is 0 Å². The zero-order valence-electron chi connectivity index (χ0n) is 75.4. The molecule has 0 saturated carbocycles. The Kier molecular flexibility index (Phi) is 47.7. The van der Waals surface area contributed by atoms with Gasteiger partial charge in [0.1, 0.15) is 97.6 Å². The predicted molar refractivity (Wildman–Crippen MR) is 449 cm³/mol. The predicted octanol–water partition coefficient (Wildman–Crippen LogP) is -9.04. The van der Waals surface area contributed by atoms with E-state index < -0.39 is 199 Å². The molecule has 9 heterocycles. The van der Waals surface area contributed by atoms with Crippen LogP contribution in [0.2, 0.25) is 0 Å². The van der Waals surface area contributed by atoms with Crippen molar-refractivity contribution in [1.82, 2.24) is 96.4 Å². The number of amides is 4. The Morgan fingerprint density at radius 2 is 0.850 bits per heavy atom. The molecule has 9 rings (SSSR count). The lowest BCUT2D eigenvalue weighted by atomic mass is 9.97. The van der Waals surface area contributed by atoms with Gasteiger partial charge in [-0.05, 0) is 45.6 Å². The first-order valence-electron chi connectivity index (χ1n) is 44.6. The van der Waals surface area contributed by atoms with Crippen molar-refractivity contribution in [3.8, 4) is 0 Å². The van der Waals surface area contributed by atoms with Gasteiger partial charge in [0, 0.05) is 91.8 Å². The number of ether oxygens (including phenoxy) is 14. The summed E-state index contributed by atoms with van der Waals surface area (Å²) in [5.74, 6) is -1.89. The third kappa shape index (κ3) is 36.3. The van der Waals surface area contributed by atoms with Crippen molar-refractivity contribution in [3.63, 3.8) is 0 Å². The first kappa shape index (κ1) is 110. The molecule has 5 saturated heterocycles. The van der Waals surface area contributed by atoms with Crippen LogP contribution in [0.5, 0.6) is 0 Å². The van der Waals surface area contributed by atoms with Gasteiger partial charge in [-0.2, -0.15) is 0 Å². The average Bonchev–Trinajstić information content (AvgIpc) is 1.73. The lowest BCUT2D eigenvalue weighted by Crippen LogP contribution is -2.65. The van der Waals surface area contributed by atoms with Gasteiger partial charge in [-0.1, -0.05) is 40.1 Å². The summed E-state index contributed by atoms with van der Waals surface area (Å²) in [6.45, 7) is 5.42. The molecule has 0 aromatic carbocycles. The van der Waals surface area contributed by atoms with Gasteiger partial charge in [0.25, 0.3) is 0 Å². The lowest BCUT2D eigenvalue weighted by molar-refractivity contribution is -0.276. The summed E-state index contributed by atoms with van der Waals surface area (Å²) < 4.78 is 110. The molecule has 4 aromatic heterocycles. The van der Waals surface area contributed by atoms with Crippen LogP contribution in [0.25, 0.3) is 0 Å². The Balaban J connectivity index is 0.894. The second-order valence-electron chi connectivity index (χ2n) is 32.6. The Hall–Kier alpha value is -6.65. The number of aliphatic hydroxyl groups excluding tert-OH is 13. The van der Waals surface area contributed by atoms with Crippen LogP contribution >= 0.6 is 7.82 Å². The number of rotatable bonds is 63. The van der Waals surface area contributed by atoms with Crippen LogP contribution in [0.15, 0.2) is 24.8 Å². The number of aromatic nitrogens is 12. The lowest BCUT2D eigenvalue weighted by Gasteiger charge is -2.43. The summed E-state index contributed by atoms with van der Waals surface area (Å²) >= 11 is 0. The number of carbonyl (C=O) groups is 4. The molecule has 758 valence electrons. The number of nitrogens with zero attached hydrogens (tertiary/aromatic N) is 14. The molecule has 0 bridgehead atoms. The topological polar surface area (TPSA) is 706 Å². The summed E-state index contributed by atoms with van der Waals surface area (Å²) in [5.41, 5.74) is 2.02. The van der Waals surface area contributed by atoms with Gasteiger partial charge < -0.3 is 159 Å². The minimum absolute atomic E-state index is 0.000665. The van der Waals surface area contributed by atoms with Crippen LogP contribution in [0.1, 0.15) is 108 Å². The summed E-state index contributed by atoms with van der Waals surface area (Å²) in [6.07, 6.45) is -13.2. The molecule has 19 N–H and O–H groups in total. The van der Waals surface area contributed by atoms with E-state index in [1.165, 1.54) is 27.9 Å². The van der Waals surface area contributed by atoms with Crippen molar-refractivity contribution >= 4 is 31.5 Å². The Morgan fingerprint density at radius 3 is 1.22 bits per heavy atom. The number of aliphatic hydroxyl groups is 13. The zero-order chi connectivity index (χ0) is 95.9. The van der Waals surface area contributed by atoms with Gasteiger partial charge in [0.15, 0.2) is 31.5 Å². The summed E-state index contributed by atoms with van der Waals surface area (Å²) in [7, 11) is -2.99. The van der Waals surface area contributed by atoms with E-state index in [0.717, 1.165) is 0 Å². The van der Waals surface area contributed by atoms with Crippen molar-refractivity contribution < 1.29 is 170 Å². The van der Waals surface area contributed by atoms with Gasteiger partial charge in [0.05, 0.1) is 186 Å². The van der Waals surface area contributed by atoms with E-state index in [1.807, 2.05) is 4.90 Å². The fraction of sp³-hybridized carbons (Fsp3) is 0.846. The molecule has 55 heteroatoms. The van der Waals surface area contributed by atoms with Crippen molar-refractivity contribution in [2.24, 2.45) is 0 Å². The van der Waals surface area contributed by atoms with E-state index in [9.17, 15) is 90.2 Å². The van der Waals surface area contributed by atoms with E-state index in [0.29, 0.717) is 74.3 Å². The highest BCUT2D eigenvalue weighted by atomic mass is 31.2. The number of unbranched alkanes of at least 4 members (excludes halogenated alkanes) is 4. The van der Waals surface area contributed by atoms with Crippen molar-refractivity contribution in [2.45, 2.75) is 285 Å². The summed E-state index contributed by atoms with van der Waals surface area (Å²) in [6, 6.07) is -5.27. The number of carbonyl (C=O) groups excluding carboxylic acids is 4. The van der Waals surface area contributed by atoms with Gasteiger partial charge in [-0.25, -0.2) is 23.3 Å². The average molecular weight is 1930 g/mol. The summed E-state index contributed by atoms with van der Waals surface area (Å²) in [4.78, 5) is 65.7. The number of phosphoric ester groups is 1. The fourth-order valence-electron chi connectivity index (χ4n) is 15.3. The quantitative estimate of drug-likeness (QED) is 0.0111. The molecule has 54 nitrogen and oxygen atoms in total. The minimum Gasteiger partial charge on any atom is -0.394 e. The van der Waals surface area contributed by atoms with E-state index in [-0.39, 0.29) is 170 Å². The van der Waals surface area contributed by atoms with E-state index in [2.05, 4.69) is 72.7 Å².